The van der Waals surface area contributed by atoms with Crippen molar-refractivity contribution >= 4 is 28.4 Å². The Kier molecular flexibility index (Phi) is 4.77. The number of benzene rings is 2. The lowest BCUT2D eigenvalue weighted by Gasteiger charge is -2.15. The summed E-state index contributed by atoms with van der Waals surface area (Å²) < 4.78 is 27.6. The minimum Gasteiger partial charge on any atom is -0.496 e. The number of ether oxygens (including phenoxy) is 1. The van der Waals surface area contributed by atoms with Gasteiger partial charge in [-0.1, -0.05) is 0 Å². The predicted octanol–water partition coefficient (Wildman–Crippen LogP) is 5.03. The standard InChI is InChI=1S/C23H24FN5O2/c1-14-25-13-21(31-14)17-7-6-16(12-20(17)30-3)26-18-10-15(24)11-19-22(18)27-23(28(19)2)29-8-4-5-9-29/h6-7,10-13,26H,4-5,8-9H2,1-3H3. The molecule has 1 aliphatic rings. The zero-order chi connectivity index (χ0) is 21.5. The van der Waals surface area contributed by atoms with Crippen LogP contribution < -0.4 is 15.0 Å². The molecule has 2 aromatic carbocycles. The van der Waals surface area contributed by atoms with Crippen molar-refractivity contribution in [3.8, 4) is 17.1 Å². The van der Waals surface area contributed by atoms with Crippen molar-refractivity contribution in [3.05, 3.63) is 48.2 Å². The third-order valence-corrected chi connectivity index (χ3v) is 5.68. The quantitative estimate of drug-likeness (QED) is 0.488. The molecule has 7 nitrogen and oxygen atoms in total. The molecule has 0 spiro atoms. The maximum Gasteiger partial charge on any atom is 0.206 e. The number of nitrogens with one attached hydrogen (secondary N) is 1. The van der Waals surface area contributed by atoms with Crippen LogP contribution >= 0.6 is 0 Å². The molecule has 1 saturated heterocycles. The van der Waals surface area contributed by atoms with Crippen molar-refractivity contribution in [2.75, 3.05) is 30.4 Å². The molecule has 3 heterocycles. The smallest absolute Gasteiger partial charge is 0.206 e. The summed E-state index contributed by atoms with van der Waals surface area (Å²) in [5.74, 6) is 2.41. The van der Waals surface area contributed by atoms with E-state index >= 15 is 0 Å². The predicted molar refractivity (Wildman–Crippen MR) is 119 cm³/mol. The van der Waals surface area contributed by atoms with Gasteiger partial charge in [0.2, 0.25) is 5.95 Å². The summed E-state index contributed by atoms with van der Waals surface area (Å²) in [7, 11) is 3.54. The molecule has 1 N–H and O–H groups in total. The molecule has 0 bridgehead atoms. The Bertz CT molecular complexity index is 1260. The Morgan fingerprint density at radius 3 is 2.68 bits per heavy atom. The van der Waals surface area contributed by atoms with Crippen LogP contribution in [0.25, 0.3) is 22.4 Å². The lowest BCUT2D eigenvalue weighted by atomic mass is 10.1. The molecular weight excluding hydrogens is 397 g/mol. The number of rotatable bonds is 5. The minimum atomic E-state index is -0.313. The first-order valence-corrected chi connectivity index (χ1v) is 10.3. The lowest BCUT2D eigenvalue weighted by Crippen LogP contribution is -2.21. The second-order valence-electron chi connectivity index (χ2n) is 7.77. The van der Waals surface area contributed by atoms with Crippen LogP contribution in [0.1, 0.15) is 18.7 Å². The molecule has 1 fully saturated rings. The molecule has 4 aromatic rings. The number of fused-ring (bicyclic) bond motifs is 1. The van der Waals surface area contributed by atoms with Crippen LogP contribution in [0.4, 0.5) is 21.7 Å². The average molecular weight is 421 g/mol. The van der Waals surface area contributed by atoms with Gasteiger partial charge in [0, 0.05) is 38.8 Å². The highest BCUT2D eigenvalue weighted by atomic mass is 19.1. The van der Waals surface area contributed by atoms with E-state index < -0.39 is 0 Å². The summed E-state index contributed by atoms with van der Waals surface area (Å²) in [6.07, 6.45) is 3.98. The molecule has 1 aliphatic heterocycles. The highest BCUT2D eigenvalue weighted by Gasteiger charge is 2.21. The second-order valence-corrected chi connectivity index (χ2v) is 7.77. The van der Waals surface area contributed by atoms with Crippen LogP contribution in [0.3, 0.4) is 0 Å². The highest BCUT2D eigenvalue weighted by Crippen LogP contribution is 2.36. The second kappa shape index (κ2) is 7.61. The van der Waals surface area contributed by atoms with Gasteiger partial charge in [-0.3, -0.25) is 0 Å². The molecule has 2 aromatic heterocycles. The number of anilines is 3. The van der Waals surface area contributed by atoms with E-state index in [4.69, 9.17) is 14.1 Å². The zero-order valence-corrected chi connectivity index (χ0v) is 17.8. The van der Waals surface area contributed by atoms with Gasteiger partial charge in [0.05, 0.1) is 30.1 Å². The van der Waals surface area contributed by atoms with E-state index in [1.54, 1.807) is 20.2 Å². The first-order chi connectivity index (χ1) is 15.0. The Morgan fingerprint density at radius 1 is 1.16 bits per heavy atom. The van der Waals surface area contributed by atoms with E-state index in [0.29, 0.717) is 23.1 Å². The fraction of sp³-hybridized carbons (Fsp3) is 0.304. The minimum absolute atomic E-state index is 0.313. The van der Waals surface area contributed by atoms with Crippen molar-refractivity contribution in [2.24, 2.45) is 7.05 Å². The van der Waals surface area contributed by atoms with E-state index in [1.807, 2.05) is 29.8 Å². The van der Waals surface area contributed by atoms with E-state index in [2.05, 4.69) is 15.2 Å². The maximum atomic E-state index is 14.5. The number of nitrogens with zero attached hydrogens (tertiary/aromatic N) is 4. The van der Waals surface area contributed by atoms with Crippen LogP contribution in [0.15, 0.2) is 40.9 Å². The lowest BCUT2D eigenvalue weighted by molar-refractivity contribution is 0.414. The van der Waals surface area contributed by atoms with Gasteiger partial charge in [-0.25, -0.2) is 14.4 Å². The van der Waals surface area contributed by atoms with Gasteiger partial charge in [0.25, 0.3) is 0 Å². The van der Waals surface area contributed by atoms with Crippen LogP contribution in [0, 0.1) is 12.7 Å². The molecule has 0 amide bonds. The molecule has 0 saturated carbocycles. The molecule has 0 aliphatic carbocycles. The van der Waals surface area contributed by atoms with Crippen molar-refractivity contribution in [2.45, 2.75) is 19.8 Å². The summed E-state index contributed by atoms with van der Waals surface area (Å²) in [5.41, 5.74) is 3.66. The number of methoxy groups -OCH3 is 1. The van der Waals surface area contributed by atoms with Crippen molar-refractivity contribution in [1.29, 1.82) is 0 Å². The third-order valence-electron chi connectivity index (χ3n) is 5.68. The monoisotopic (exact) mass is 421 g/mol. The number of aromatic nitrogens is 3. The van der Waals surface area contributed by atoms with E-state index in [1.165, 1.54) is 12.1 Å². The Labute approximate surface area is 179 Å². The third kappa shape index (κ3) is 3.48. The average Bonchev–Trinajstić information content (AvgIpc) is 3.49. The normalized spacial score (nSPS) is 13.9. The Morgan fingerprint density at radius 2 is 1.97 bits per heavy atom. The van der Waals surface area contributed by atoms with Crippen LogP contribution in [-0.2, 0) is 7.05 Å². The van der Waals surface area contributed by atoms with Gasteiger partial charge in [0.15, 0.2) is 11.7 Å². The molecule has 31 heavy (non-hydrogen) atoms. The zero-order valence-electron chi connectivity index (χ0n) is 17.8. The van der Waals surface area contributed by atoms with Gasteiger partial charge >= 0.3 is 0 Å². The molecular formula is C23H24FN5O2. The van der Waals surface area contributed by atoms with E-state index in [-0.39, 0.29) is 5.82 Å². The van der Waals surface area contributed by atoms with Gasteiger partial charge < -0.3 is 23.9 Å². The maximum absolute atomic E-state index is 14.5. The Balaban J connectivity index is 1.53. The molecule has 0 unspecified atom stereocenters. The first-order valence-electron chi connectivity index (χ1n) is 10.3. The molecule has 0 atom stereocenters. The molecule has 5 rings (SSSR count). The summed E-state index contributed by atoms with van der Waals surface area (Å²) in [6.45, 7) is 3.74. The Hall–Kier alpha value is -3.55. The number of imidazole rings is 1. The first kappa shape index (κ1) is 19.4. The fourth-order valence-electron chi connectivity index (χ4n) is 4.15. The molecule has 0 radical (unpaired) electrons. The SMILES string of the molecule is COc1cc(Nc2cc(F)cc3c2nc(N2CCCC2)n3C)ccc1-c1cnc(C)o1. The fourth-order valence-corrected chi connectivity index (χ4v) is 4.15. The number of hydrogen-bond acceptors (Lipinski definition) is 6. The number of hydrogen-bond donors (Lipinski definition) is 1. The van der Waals surface area contributed by atoms with Gasteiger partial charge in [-0.2, -0.15) is 0 Å². The number of oxazole rings is 1. The van der Waals surface area contributed by atoms with Crippen LogP contribution in [0.2, 0.25) is 0 Å². The summed E-state index contributed by atoms with van der Waals surface area (Å²) in [6, 6.07) is 8.66. The van der Waals surface area contributed by atoms with Gasteiger partial charge in [-0.15, -0.1) is 0 Å². The van der Waals surface area contributed by atoms with E-state index in [0.717, 1.165) is 54.2 Å². The van der Waals surface area contributed by atoms with Crippen molar-refractivity contribution in [1.82, 2.24) is 14.5 Å². The number of halogens is 1. The topological polar surface area (TPSA) is 68.3 Å². The summed E-state index contributed by atoms with van der Waals surface area (Å²) in [4.78, 5) is 11.2. The number of aryl methyl sites for hydroxylation is 2. The van der Waals surface area contributed by atoms with Gasteiger partial charge in [0.1, 0.15) is 17.1 Å². The van der Waals surface area contributed by atoms with Crippen LogP contribution in [0.5, 0.6) is 5.75 Å². The highest BCUT2D eigenvalue weighted by molar-refractivity contribution is 5.92. The molecule has 8 heteroatoms. The van der Waals surface area contributed by atoms with Crippen molar-refractivity contribution < 1.29 is 13.5 Å². The summed E-state index contributed by atoms with van der Waals surface area (Å²) in [5, 5.41) is 3.32. The van der Waals surface area contributed by atoms with Crippen LogP contribution in [-0.4, -0.2) is 34.7 Å². The molecule has 160 valence electrons. The van der Waals surface area contributed by atoms with Crippen molar-refractivity contribution in [3.63, 3.8) is 0 Å². The van der Waals surface area contributed by atoms with E-state index in [9.17, 15) is 4.39 Å². The van der Waals surface area contributed by atoms with Gasteiger partial charge in [-0.05, 0) is 37.1 Å². The summed E-state index contributed by atoms with van der Waals surface area (Å²) >= 11 is 0. The largest absolute Gasteiger partial charge is 0.496 e.